The van der Waals surface area contributed by atoms with E-state index >= 15 is 0 Å². The fraction of sp³-hybridized carbons (Fsp3) is 0.333. The van der Waals surface area contributed by atoms with Crippen LogP contribution in [0.3, 0.4) is 0 Å². The van der Waals surface area contributed by atoms with Gasteiger partial charge in [-0.2, -0.15) is 0 Å². The van der Waals surface area contributed by atoms with Crippen LogP contribution in [0, 0.1) is 0 Å². The Bertz CT molecular complexity index is 1340. The van der Waals surface area contributed by atoms with Crippen molar-refractivity contribution < 1.29 is 33.3 Å². The minimum atomic E-state index is -0.848. The van der Waals surface area contributed by atoms with Crippen LogP contribution in [0.5, 0.6) is 11.5 Å². The molecule has 3 aromatic rings. The molecule has 0 aliphatic heterocycles. The third kappa shape index (κ3) is 7.57. The molecule has 3 rings (SSSR count). The van der Waals surface area contributed by atoms with E-state index in [1.54, 1.807) is 71.0 Å². The van der Waals surface area contributed by atoms with Crippen LogP contribution in [0.2, 0.25) is 0 Å². The number of amides is 1. The summed E-state index contributed by atoms with van der Waals surface area (Å²) in [6.45, 7) is 8.47. The number of benzene rings is 2. The number of pyridine rings is 1. The summed E-state index contributed by atoms with van der Waals surface area (Å²) >= 11 is 0. The van der Waals surface area contributed by atoms with Gasteiger partial charge in [-0.25, -0.2) is 9.59 Å². The lowest BCUT2D eigenvalue weighted by molar-refractivity contribution is -0.150. The zero-order chi connectivity index (χ0) is 27.2. The molecule has 10 nitrogen and oxygen atoms in total. The van der Waals surface area contributed by atoms with Crippen LogP contribution in [0.15, 0.2) is 59.5 Å². The number of carbonyl (C=O) groups is 3. The van der Waals surface area contributed by atoms with E-state index in [-0.39, 0.29) is 24.5 Å². The molecular weight excluding hydrogens is 480 g/mol. The highest BCUT2D eigenvalue weighted by Gasteiger charge is 2.19. The average Bonchev–Trinajstić information content (AvgIpc) is 2.81. The van der Waals surface area contributed by atoms with Gasteiger partial charge in [0.05, 0.1) is 12.0 Å². The third-order valence-electron chi connectivity index (χ3n) is 4.94. The molecule has 0 radical (unpaired) electrons. The van der Waals surface area contributed by atoms with Crippen LogP contribution in [0.25, 0.3) is 10.8 Å². The molecule has 1 atom stereocenters. The van der Waals surface area contributed by atoms with Crippen LogP contribution in [0.1, 0.15) is 34.6 Å². The van der Waals surface area contributed by atoms with Gasteiger partial charge in [-0.1, -0.05) is 6.07 Å². The summed E-state index contributed by atoms with van der Waals surface area (Å²) in [5.74, 6) is -0.312. The van der Waals surface area contributed by atoms with E-state index in [1.165, 1.54) is 22.9 Å². The van der Waals surface area contributed by atoms with Gasteiger partial charge in [0.25, 0.3) is 5.56 Å². The van der Waals surface area contributed by atoms with E-state index in [0.717, 1.165) is 0 Å². The highest BCUT2D eigenvalue weighted by atomic mass is 16.7. The summed E-state index contributed by atoms with van der Waals surface area (Å²) < 4.78 is 22.2. The zero-order valence-electron chi connectivity index (χ0n) is 21.4. The molecule has 0 aliphatic carbocycles. The molecule has 2 aromatic carbocycles. The van der Waals surface area contributed by atoms with E-state index in [2.05, 4.69) is 5.32 Å². The number of fused-ring (bicyclic) bond motifs is 1. The normalized spacial score (nSPS) is 11.9. The molecule has 196 valence electrons. The lowest BCUT2D eigenvalue weighted by Crippen LogP contribution is -2.28. The lowest BCUT2D eigenvalue weighted by Gasteiger charge is -2.18. The zero-order valence-corrected chi connectivity index (χ0v) is 21.4. The molecule has 1 unspecified atom stereocenters. The van der Waals surface area contributed by atoms with E-state index in [9.17, 15) is 19.2 Å². The number of anilines is 1. The maximum Gasteiger partial charge on any atom is 0.514 e. The fourth-order valence-corrected chi connectivity index (χ4v) is 3.34. The number of aromatic nitrogens is 1. The molecule has 1 aromatic heterocycles. The molecule has 0 saturated heterocycles. The number of esters is 1. The van der Waals surface area contributed by atoms with Crippen molar-refractivity contribution in [3.63, 3.8) is 0 Å². The number of hydrogen-bond donors (Lipinski definition) is 1. The number of nitrogens with one attached hydrogen (secondary N) is 1. The van der Waals surface area contributed by atoms with Crippen molar-refractivity contribution >= 4 is 34.5 Å². The molecule has 0 aliphatic rings. The summed E-state index contributed by atoms with van der Waals surface area (Å²) in [4.78, 5) is 49.3. The monoisotopic (exact) mass is 510 g/mol. The lowest BCUT2D eigenvalue weighted by atomic mass is 10.1. The largest absolute Gasteiger partial charge is 0.514 e. The van der Waals surface area contributed by atoms with Crippen LogP contribution in [0.4, 0.5) is 10.5 Å². The Hall–Kier alpha value is -4.34. The first-order chi connectivity index (χ1) is 17.5. The SMILES string of the molecule is CCOC(=O)C(C)Oc1cccc2c(=O)n(CC(=O)Nc3ccc(OC(=O)OC(C)(C)C)cc3)ccc12. The third-order valence-corrected chi connectivity index (χ3v) is 4.94. The van der Waals surface area contributed by atoms with E-state index in [0.29, 0.717) is 22.2 Å². The number of nitrogens with zero attached hydrogens (tertiary/aromatic N) is 1. The van der Waals surface area contributed by atoms with Crippen LogP contribution >= 0.6 is 0 Å². The second-order valence-corrected chi connectivity index (χ2v) is 9.12. The molecule has 0 bridgehead atoms. The molecule has 0 spiro atoms. The van der Waals surface area contributed by atoms with E-state index in [4.69, 9.17) is 18.9 Å². The smallest absolute Gasteiger partial charge is 0.478 e. The topological polar surface area (TPSA) is 122 Å². The summed E-state index contributed by atoms with van der Waals surface area (Å²) in [6.07, 6.45) is -0.187. The second-order valence-electron chi connectivity index (χ2n) is 9.12. The minimum Gasteiger partial charge on any atom is -0.478 e. The van der Waals surface area contributed by atoms with Gasteiger partial charge < -0.3 is 28.8 Å². The first-order valence-electron chi connectivity index (χ1n) is 11.7. The Labute approximate surface area is 214 Å². The maximum absolute atomic E-state index is 13.0. The highest BCUT2D eigenvalue weighted by Crippen LogP contribution is 2.24. The molecule has 1 N–H and O–H groups in total. The second kappa shape index (κ2) is 11.6. The number of rotatable bonds is 8. The van der Waals surface area contributed by atoms with Crippen molar-refractivity contribution in [1.82, 2.24) is 4.57 Å². The Balaban J connectivity index is 1.67. The molecule has 1 amide bonds. The number of ether oxygens (including phenoxy) is 4. The van der Waals surface area contributed by atoms with Crippen molar-refractivity contribution in [2.24, 2.45) is 0 Å². The molecule has 1 heterocycles. The van der Waals surface area contributed by atoms with Gasteiger partial charge in [0.1, 0.15) is 23.6 Å². The Morgan fingerprint density at radius 2 is 1.70 bits per heavy atom. The van der Waals surface area contributed by atoms with Crippen molar-refractivity contribution in [2.75, 3.05) is 11.9 Å². The van der Waals surface area contributed by atoms with Gasteiger partial charge >= 0.3 is 12.1 Å². The molecule has 0 saturated carbocycles. The van der Waals surface area contributed by atoms with Crippen molar-refractivity contribution in [3.8, 4) is 11.5 Å². The Kier molecular flexibility index (Phi) is 8.54. The number of hydrogen-bond acceptors (Lipinski definition) is 8. The Morgan fingerprint density at radius 3 is 2.35 bits per heavy atom. The first kappa shape index (κ1) is 27.3. The average molecular weight is 511 g/mol. The van der Waals surface area contributed by atoms with Crippen molar-refractivity contribution in [2.45, 2.75) is 52.9 Å². The van der Waals surface area contributed by atoms with Gasteiger partial charge in [0.15, 0.2) is 6.10 Å². The van der Waals surface area contributed by atoms with Gasteiger partial charge in [0.2, 0.25) is 5.91 Å². The highest BCUT2D eigenvalue weighted by molar-refractivity contribution is 5.91. The van der Waals surface area contributed by atoms with Crippen LogP contribution in [-0.2, 0) is 25.6 Å². The minimum absolute atomic E-state index is 0.227. The molecular formula is C27H30N2O8. The van der Waals surface area contributed by atoms with Crippen molar-refractivity contribution in [1.29, 1.82) is 0 Å². The van der Waals surface area contributed by atoms with Gasteiger partial charge in [-0.3, -0.25) is 9.59 Å². The van der Waals surface area contributed by atoms with E-state index < -0.39 is 29.7 Å². The Morgan fingerprint density at radius 1 is 1.00 bits per heavy atom. The van der Waals surface area contributed by atoms with Gasteiger partial charge in [-0.15, -0.1) is 0 Å². The molecule has 37 heavy (non-hydrogen) atoms. The predicted octanol–water partition coefficient (Wildman–Crippen LogP) is 4.28. The summed E-state index contributed by atoms with van der Waals surface area (Å²) in [5.41, 5.74) is -0.608. The predicted molar refractivity (Wildman–Crippen MR) is 137 cm³/mol. The maximum atomic E-state index is 13.0. The number of carbonyl (C=O) groups excluding carboxylic acids is 3. The standard InChI is InChI=1S/C27H30N2O8/c1-6-34-25(32)17(2)35-22-9-7-8-21-20(22)14-15-29(24(21)31)16-23(30)28-18-10-12-19(13-11-18)36-26(33)37-27(3,4)5/h7-15,17H,6,16H2,1-5H3,(H,28,30). The summed E-state index contributed by atoms with van der Waals surface area (Å²) in [5, 5.41) is 3.55. The summed E-state index contributed by atoms with van der Waals surface area (Å²) in [7, 11) is 0. The molecule has 0 fully saturated rings. The van der Waals surface area contributed by atoms with Crippen LogP contribution in [-0.4, -0.2) is 40.9 Å². The first-order valence-corrected chi connectivity index (χ1v) is 11.7. The molecule has 10 heteroatoms. The van der Waals surface area contributed by atoms with Gasteiger partial charge in [-0.05, 0) is 77.1 Å². The van der Waals surface area contributed by atoms with Gasteiger partial charge in [0, 0.05) is 17.3 Å². The fourth-order valence-electron chi connectivity index (χ4n) is 3.34. The quantitative estimate of drug-likeness (QED) is 0.352. The van der Waals surface area contributed by atoms with Crippen molar-refractivity contribution in [3.05, 3.63) is 65.1 Å². The van der Waals surface area contributed by atoms with E-state index in [1.807, 2.05) is 0 Å². The van der Waals surface area contributed by atoms with Crippen LogP contribution < -0.4 is 20.3 Å². The summed E-state index contributed by atoms with van der Waals surface area (Å²) in [6, 6.07) is 12.7.